The van der Waals surface area contributed by atoms with Gasteiger partial charge in [0.05, 0.1) is 5.92 Å². The van der Waals surface area contributed by atoms with Crippen LogP contribution in [0.1, 0.15) is 38.7 Å². The average Bonchev–Trinajstić information content (AvgIpc) is 2.97. The molecule has 1 saturated heterocycles. The Balaban J connectivity index is 1.97. The van der Waals surface area contributed by atoms with Crippen LogP contribution in [0.2, 0.25) is 0 Å². The molecule has 2 unspecified atom stereocenters. The summed E-state index contributed by atoms with van der Waals surface area (Å²) in [6.45, 7) is 4.41. The summed E-state index contributed by atoms with van der Waals surface area (Å²) in [7, 11) is 0. The Morgan fingerprint density at radius 2 is 2.00 bits per heavy atom. The number of amides is 2. The molecule has 6 heteroatoms. The SMILES string of the molecule is CCCC(C)N1CC(C(=O)N[C@@H](Cc2ccccc2)C(=O)O)CC1=O. The minimum atomic E-state index is -1.07. The summed E-state index contributed by atoms with van der Waals surface area (Å²) in [6, 6.07) is 8.29. The Morgan fingerprint density at radius 3 is 2.60 bits per heavy atom. The second-order valence-electron chi connectivity index (χ2n) is 6.67. The third kappa shape index (κ3) is 5.05. The molecule has 3 atom stereocenters. The first-order valence-corrected chi connectivity index (χ1v) is 8.79. The van der Waals surface area contributed by atoms with Gasteiger partial charge in [0.15, 0.2) is 0 Å². The maximum Gasteiger partial charge on any atom is 0.326 e. The van der Waals surface area contributed by atoms with Crippen LogP contribution in [0.15, 0.2) is 30.3 Å². The van der Waals surface area contributed by atoms with E-state index in [4.69, 9.17) is 0 Å². The van der Waals surface area contributed by atoms with E-state index in [1.807, 2.05) is 37.3 Å². The molecule has 1 heterocycles. The molecule has 0 spiro atoms. The molecule has 1 aliphatic rings. The van der Waals surface area contributed by atoms with Crippen LogP contribution in [0.3, 0.4) is 0 Å². The first kappa shape index (κ1) is 19.0. The molecule has 1 fully saturated rings. The van der Waals surface area contributed by atoms with Crippen molar-refractivity contribution >= 4 is 17.8 Å². The molecule has 25 heavy (non-hydrogen) atoms. The van der Waals surface area contributed by atoms with Crippen molar-refractivity contribution in [3.63, 3.8) is 0 Å². The predicted octanol–water partition coefficient (Wildman–Crippen LogP) is 1.84. The van der Waals surface area contributed by atoms with Gasteiger partial charge in [0.25, 0.3) is 0 Å². The van der Waals surface area contributed by atoms with Gasteiger partial charge < -0.3 is 15.3 Å². The molecule has 0 aliphatic carbocycles. The van der Waals surface area contributed by atoms with E-state index in [-0.39, 0.29) is 30.7 Å². The van der Waals surface area contributed by atoms with Crippen molar-refractivity contribution in [2.24, 2.45) is 5.92 Å². The Morgan fingerprint density at radius 1 is 1.32 bits per heavy atom. The monoisotopic (exact) mass is 346 g/mol. The summed E-state index contributed by atoms with van der Waals surface area (Å²) in [5, 5.41) is 12.0. The Hall–Kier alpha value is -2.37. The highest BCUT2D eigenvalue weighted by Gasteiger charge is 2.37. The second-order valence-corrected chi connectivity index (χ2v) is 6.67. The lowest BCUT2D eigenvalue weighted by Crippen LogP contribution is -2.45. The fraction of sp³-hybridized carbons (Fsp3) is 0.526. The molecule has 2 N–H and O–H groups in total. The molecule has 6 nitrogen and oxygen atoms in total. The highest BCUT2D eigenvalue weighted by Crippen LogP contribution is 2.22. The Bertz CT molecular complexity index is 617. The van der Waals surface area contributed by atoms with Crippen molar-refractivity contribution in [2.75, 3.05) is 6.54 Å². The van der Waals surface area contributed by atoms with Gasteiger partial charge in [0.1, 0.15) is 6.04 Å². The van der Waals surface area contributed by atoms with Crippen molar-refractivity contribution in [3.05, 3.63) is 35.9 Å². The van der Waals surface area contributed by atoms with Crippen molar-refractivity contribution in [1.29, 1.82) is 0 Å². The maximum atomic E-state index is 12.5. The number of carboxylic acid groups (broad SMARTS) is 1. The lowest BCUT2D eigenvalue weighted by atomic mass is 10.0. The van der Waals surface area contributed by atoms with Gasteiger partial charge in [-0.25, -0.2) is 4.79 Å². The van der Waals surface area contributed by atoms with E-state index in [0.717, 1.165) is 18.4 Å². The molecule has 2 rings (SSSR count). The van der Waals surface area contributed by atoms with Gasteiger partial charge in [0.2, 0.25) is 11.8 Å². The third-order valence-corrected chi connectivity index (χ3v) is 4.66. The molecule has 2 amide bonds. The van der Waals surface area contributed by atoms with E-state index in [2.05, 4.69) is 12.2 Å². The third-order valence-electron chi connectivity index (χ3n) is 4.66. The first-order valence-electron chi connectivity index (χ1n) is 8.79. The van der Waals surface area contributed by atoms with Crippen LogP contribution in [0.25, 0.3) is 0 Å². The highest BCUT2D eigenvalue weighted by atomic mass is 16.4. The Labute approximate surface area is 148 Å². The molecule has 0 radical (unpaired) electrons. The summed E-state index contributed by atoms with van der Waals surface area (Å²) >= 11 is 0. The molecular formula is C19H26N2O4. The van der Waals surface area contributed by atoms with Gasteiger partial charge in [-0.15, -0.1) is 0 Å². The zero-order valence-corrected chi connectivity index (χ0v) is 14.8. The number of rotatable bonds is 8. The minimum absolute atomic E-state index is 0.0314. The van der Waals surface area contributed by atoms with Crippen LogP contribution in [0.4, 0.5) is 0 Å². The molecule has 0 bridgehead atoms. The van der Waals surface area contributed by atoms with Crippen LogP contribution in [-0.2, 0) is 20.8 Å². The highest BCUT2D eigenvalue weighted by molar-refractivity contribution is 5.91. The van der Waals surface area contributed by atoms with Crippen LogP contribution < -0.4 is 5.32 Å². The minimum Gasteiger partial charge on any atom is -0.480 e. The zero-order chi connectivity index (χ0) is 18.4. The largest absolute Gasteiger partial charge is 0.480 e. The van der Waals surface area contributed by atoms with Crippen molar-refractivity contribution in [3.8, 4) is 0 Å². The van der Waals surface area contributed by atoms with Crippen molar-refractivity contribution in [1.82, 2.24) is 10.2 Å². The Kier molecular flexibility index (Phi) is 6.56. The fourth-order valence-electron chi connectivity index (χ4n) is 3.25. The van der Waals surface area contributed by atoms with Gasteiger partial charge in [-0.05, 0) is 18.9 Å². The van der Waals surface area contributed by atoms with E-state index in [0.29, 0.717) is 6.54 Å². The summed E-state index contributed by atoms with van der Waals surface area (Å²) in [5.74, 6) is -1.94. The number of hydrogen-bond donors (Lipinski definition) is 2. The number of nitrogens with zero attached hydrogens (tertiary/aromatic N) is 1. The number of carbonyl (C=O) groups excluding carboxylic acids is 2. The molecule has 1 aliphatic heterocycles. The van der Waals surface area contributed by atoms with Crippen molar-refractivity contribution in [2.45, 2.75) is 51.6 Å². The normalized spacial score (nSPS) is 19.5. The lowest BCUT2D eigenvalue weighted by molar-refractivity contribution is -0.142. The number of carboxylic acids is 1. The topological polar surface area (TPSA) is 86.7 Å². The lowest BCUT2D eigenvalue weighted by Gasteiger charge is -2.24. The van der Waals surface area contributed by atoms with E-state index in [1.54, 1.807) is 4.90 Å². The summed E-state index contributed by atoms with van der Waals surface area (Å²) in [5.41, 5.74) is 0.843. The quantitative estimate of drug-likeness (QED) is 0.752. The van der Waals surface area contributed by atoms with Gasteiger partial charge in [0, 0.05) is 25.4 Å². The van der Waals surface area contributed by atoms with Crippen LogP contribution in [0, 0.1) is 5.92 Å². The molecular weight excluding hydrogens is 320 g/mol. The molecule has 0 aromatic heterocycles. The van der Waals surface area contributed by atoms with Gasteiger partial charge in [-0.1, -0.05) is 43.7 Å². The molecule has 0 saturated carbocycles. The number of benzene rings is 1. The van der Waals surface area contributed by atoms with Gasteiger partial charge in [-0.3, -0.25) is 9.59 Å². The van der Waals surface area contributed by atoms with Crippen LogP contribution >= 0.6 is 0 Å². The second kappa shape index (κ2) is 8.65. The fourth-order valence-corrected chi connectivity index (χ4v) is 3.25. The smallest absolute Gasteiger partial charge is 0.326 e. The predicted molar refractivity (Wildman–Crippen MR) is 93.9 cm³/mol. The van der Waals surface area contributed by atoms with Gasteiger partial charge in [-0.2, -0.15) is 0 Å². The molecule has 136 valence electrons. The number of likely N-dealkylation sites (tertiary alicyclic amines) is 1. The number of nitrogens with one attached hydrogen (secondary N) is 1. The molecule has 1 aromatic carbocycles. The van der Waals surface area contributed by atoms with Crippen LogP contribution in [0.5, 0.6) is 0 Å². The van der Waals surface area contributed by atoms with Crippen molar-refractivity contribution < 1.29 is 19.5 Å². The van der Waals surface area contributed by atoms with Gasteiger partial charge >= 0.3 is 5.97 Å². The first-order chi connectivity index (χ1) is 11.9. The van der Waals surface area contributed by atoms with E-state index in [9.17, 15) is 19.5 Å². The van der Waals surface area contributed by atoms with E-state index >= 15 is 0 Å². The van der Waals surface area contributed by atoms with E-state index in [1.165, 1.54) is 0 Å². The number of hydrogen-bond acceptors (Lipinski definition) is 3. The standard InChI is InChI=1S/C19H26N2O4/c1-3-7-13(2)21-12-15(11-17(21)22)18(23)20-16(19(24)25)10-14-8-5-4-6-9-14/h4-6,8-9,13,15-16H,3,7,10-12H2,1-2H3,(H,20,23)(H,24,25)/t13?,15?,16-/m0/s1. The summed E-state index contributed by atoms with van der Waals surface area (Å²) in [6.07, 6.45) is 2.24. The molecule has 1 aromatic rings. The maximum absolute atomic E-state index is 12.5. The van der Waals surface area contributed by atoms with E-state index < -0.39 is 17.9 Å². The number of aliphatic carboxylic acids is 1. The number of carbonyl (C=O) groups is 3. The average molecular weight is 346 g/mol. The zero-order valence-electron chi connectivity index (χ0n) is 14.8. The summed E-state index contributed by atoms with van der Waals surface area (Å²) in [4.78, 5) is 37.8. The van der Waals surface area contributed by atoms with Crippen LogP contribution in [-0.4, -0.2) is 46.4 Å². The summed E-state index contributed by atoms with van der Waals surface area (Å²) < 4.78 is 0.